The van der Waals surface area contributed by atoms with Crippen molar-refractivity contribution >= 4 is 5.69 Å². The number of ether oxygens (including phenoxy) is 3. The van der Waals surface area contributed by atoms with Crippen LogP contribution in [0.25, 0.3) is 0 Å². The van der Waals surface area contributed by atoms with Gasteiger partial charge in [-0.2, -0.15) is 0 Å². The van der Waals surface area contributed by atoms with Crippen LogP contribution in [0.3, 0.4) is 0 Å². The second kappa shape index (κ2) is 8.32. The quantitative estimate of drug-likeness (QED) is 0.588. The number of aryl methyl sites for hydroxylation is 2. The van der Waals surface area contributed by atoms with Crippen LogP contribution in [0.1, 0.15) is 24.0 Å². The van der Waals surface area contributed by atoms with Crippen molar-refractivity contribution in [3.05, 3.63) is 47.5 Å². The van der Waals surface area contributed by atoms with Gasteiger partial charge in [0.25, 0.3) is 0 Å². The zero-order chi connectivity index (χ0) is 16.7. The van der Waals surface area contributed by atoms with Crippen LogP contribution in [-0.4, -0.2) is 20.3 Å². The Labute approximate surface area is 138 Å². The third-order valence-corrected chi connectivity index (χ3v) is 3.61. The van der Waals surface area contributed by atoms with Gasteiger partial charge < -0.3 is 19.9 Å². The van der Waals surface area contributed by atoms with Gasteiger partial charge in [-0.25, -0.2) is 0 Å². The van der Waals surface area contributed by atoms with Crippen molar-refractivity contribution in [1.82, 2.24) is 0 Å². The molecule has 0 aromatic heterocycles. The maximum atomic E-state index is 5.91. The van der Waals surface area contributed by atoms with Gasteiger partial charge >= 0.3 is 0 Å². The van der Waals surface area contributed by atoms with E-state index in [0.29, 0.717) is 24.7 Å². The molecule has 0 saturated heterocycles. The molecule has 124 valence electrons. The highest BCUT2D eigenvalue weighted by atomic mass is 16.5. The Balaban J connectivity index is 1.69. The predicted octanol–water partition coefficient (Wildman–Crippen LogP) is 4.13. The summed E-state index contributed by atoms with van der Waals surface area (Å²) in [7, 11) is 1.62. The van der Waals surface area contributed by atoms with Crippen LogP contribution in [0, 0.1) is 13.8 Å². The highest BCUT2D eigenvalue weighted by molar-refractivity contribution is 5.56. The first-order valence-electron chi connectivity index (χ1n) is 7.86. The van der Waals surface area contributed by atoms with Crippen LogP contribution in [0.4, 0.5) is 5.69 Å². The van der Waals surface area contributed by atoms with E-state index in [1.54, 1.807) is 13.2 Å². The maximum Gasteiger partial charge on any atom is 0.142 e. The molecule has 4 heteroatoms. The zero-order valence-corrected chi connectivity index (χ0v) is 14.1. The van der Waals surface area contributed by atoms with Crippen molar-refractivity contribution in [2.75, 3.05) is 26.1 Å². The van der Waals surface area contributed by atoms with Gasteiger partial charge in [0.1, 0.15) is 17.2 Å². The number of rotatable bonds is 8. The molecule has 2 N–H and O–H groups in total. The second-order valence-corrected chi connectivity index (χ2v) is 5.58. The smallest absolute Gasteiger partial charge is 0.142 e. The highest BCUT2D eigenvalue weighted by Gasteiger charge is 2.03. The van der Waals surface area contributed by atoms with E-state index >= 15 is 0 Å². The SMILES string of the molecule is COc1ccc(OCCCCOc2cc(C)ccc2C)c(N)c1. The summed E-state index contributed by atoms with van der Waals surface area (Å²) in [6.45, 7) is 5.43. The number of hydrogen-bond acceptors (Lipinski definition) is 4. The number of hydrogen-bond donors (Lipinski definition) is 1. The minimum Gasteiger partial charge on any atom is -0.497 e. The summed E-state index contributed by atoms with van der Waals surface area (Å²) in [6.07, 6.45) is 1.85. The number of nitrogen functional groups attached to an aromatic ring is 1. The zero-order valence-electron chi connectivity index (χ0n) is 14.1. The van der Waals surface area contributed by atoms with E-state index in [2.05, 4.69) is 32.0 Å². The molecule has 0 aliphatic rings. The van der Waals surface area contributed by atoms with Crippen molar-refractivity contribution in [2.45, 2.75) is 26.7 Å². The van der Waals surface area contributed by atoms with Gasteiger partial charge in [0, 0.05) is 6.07 Å². The van der Waals surface area contributed by atoms with Gasteiger partial charge in [-0.1, -0.05) is 12.1 Å². The number of unbranched alkanes of at least 4 members (excludes halogenated alkanes) is 1. The average molecular weight is 315 g/mol. The van der Waals surface area contributed by atoms with Gasteiger partial charge in [0.15, 0.2) is 0 Å². The van der Waals surface area contributed by atoms with Crippen molar-refractivity contribution in [3.8, 4) is 17.2 Å². The lowest BCUT2D eigenvalue weighted by atomic mass is 10.1. The molecule has 0 fully saturated rings. The molecule has 0 unspecified atom stereocenters. The van der Waals surface area contributed by atoms with Gasteiger partial charge in [0.2, 0.25) is 0 Å². The van der Waals surface area contributed by atoms with Gasteiger partial charge in [-0.15, -0.1) is 0 Å². The average Bonchev–Trinajstić information content (AvgIpc) is 2.55. The van der Waals surface area contributed by atoms with Crippen LogP contribution < -0.4 is 19.9 Å². The predicted molar refractivity (Wildman–Crippen MR) is 93.5 cm³/mol. The maximum absolute atomic E-state index is 5.91. The summed E-state index contributed by atoms with van der Waals surface area (Å²) in [6, 6.07) is 11.7. The van der Waals surface area contributed by atoms with Crippen molar-refractivity contribution < 1.29 is 14.2 Å². The monoisotopic (exact) mass is 315 g/mol. The lowest BCUT2D eigenvalue weighted by molar-refractivity contribution is 0.266. The molecular weight excluding hydrogens is 290 g/mol. The van der Waals surface area contributed by atoms with Gasteiger partial charge in [-0.3, -0.25) is 0 Å². The van der Waals surface area contributed by atoms with Crippen molar-refractivity contribution in [2.24, 2.45) is 0 Å². The summed E-state index contributed by atoms with van der Waals surface area (Å²) < 4.78 is 16.6. The van der Waals surface area contributed by atoms with Crippen LogP contribution in [0.2, 0.25) is 0 Å². The van der Waals surface area contributed by atoms with E-state index in [1.807, 2.05) is 12.1 Å². The normalized spacial score (nSPS) is 10.4. The second-order valence-electron chi connectivity index (χ2n) is 5.58. The van der Waals surface area contributed by atoms with E-state index in [0.717, 1.165) is 29.9 Å². The van der Waals surface area contributed by atoms with E-state index in [9.17, 15) is 0 Å². The topological polar surface area (TPSA) is 53.7 Å². The fourth-order valence-corrected chi connectivity index (χ4v) is 2.22. The van der Waals surface area contributed by atoms with Gasteiger partial charge in [0.05, 0.1) is 26.0 Å². The number of benzene rings is 2. The van der Waals surface area contributed by atoms with Gasteiger partial charge in [-0.05, 0) is 56.0 Å². The summed E-state index contributed by atoms with van der Waals surface area (Å²) >= 11 is 0. The first-order valence-corrected chi connectivity index (χ1v) is 7.86. The molecule has 2 rings (SSSR count). The molecule has 0 amide bonds. The largest absolute Gasteiger partial charge is 0.497 e. The summed E-state index contributed by atoms with van der Waals surface area (Å²) in [5.74, 6) is 2.39. The Morgan fingerprint density at radius 3 is 2.22 bits per heavy atom. The first-order chi connectivity index (χ1) is 11.1. The molecule has 2 aromatic carbocycles. The molecule has 0 spiro atoms. The lowest BCUT2D eigenvalue weighted by Gasteiger charge is -2.11. The Morgan fingerprint density at radius 2 is 1.57 bits per heavy atom. The molecule has 0 radical (unpaired) electrons. The minimum atomic E-state index is 0.594. The molecular formula is C19H25NO3. The molecule has 0 saturated carbocycles. The van der Waals surface area contributed by atoms with E-state index < -0.39 is 0 Å². The van der Waals surface area contributed by atoms with Crippen LogP contribution in [-0.2, 0) is 0 Å². The minimum absolute atomic E-state index is 0.594. The fraction of sp³-hybridized carbons (Fsp3) is 0.368. The number of nitrogens with two attached hydrogens (primary N) is 1. The lowest BCUT2D eigenvalue weighted by Crippen LogP contribution is -2.04. The van der Waals surface area contributed by atoms with E-state index in [4.69, 9.17) is 19.9 Å². The molecule has 0 heterocycles. The third kappa shape index (κ3) is 5.09. The van der Waals surface area contributed by atoms with E-state index in [1.165, 1.54) is 5.56 Å². The van der Waals surface area contributed by atoms with Crippen LogP contribution in [0.15, 0.2) is 36.4 Å². The fourth-order valence-electron chi connectivity index (χ4n) is 2.22. The summed E-state index contributed by atoms with van der Waals surface area (Å²) in [4.78, 5) is 0. The van der Waals surface area contributed by atoms with Crippen molar-refractivity contribution in [1.29, 1.82) is 0 Å². The van der Waals surface area contributed by atoms with Crippen molar-refractivity contribution in [3.63, 3.8) is 0 Å². The Hall–Kier alpha value is -2.36. The van der Waals surface area contributed by atoms with Crippen LogP contribution in [0.5, 0.6) is 17.2 Å². The Morgan fingerprint density at radius 1 is 0.870 bits per heavy atom. The summed E-state index contributed by atoms with van der Waals surface area (Å²) in [5, 5.41) is 0. The Kier molecular flexibility index (Phi) is 6.15. The molecule has 0 aliphatic carbocycles. The van der Waals surface area contributed by atoms with E-state index in [-0.39, 0.29) is 0 Å². The highest BCUT2D eigenvalue weighted by Crippen LogP contribution is 2.26. The molecule has 0 aliphatic heterocycles. The number of methoxy groups -OCH3 is 1. The third-order valence-electron chi connectivity index (χ3n) is 3.61. The molecule has 0 bridgehead atoms. The van der Waals surface area contributed by atoms with Crippen LogP contribution >= 0.6 is 0 Å². The standard InChI is InChI=1S/C19H25NO3/c1-14-6-7-15(2)19(12-14)23-11-5-4-10-22-18-9-8-16(21-3)13-17(18)20/h6-9,12-13H,4-5,10-11,20H2,1-3H3. The Bertz CT molecular complexity index is 641. The molecule has 4 nitrogen and oxygen atoms in total. The number of anilines is 1. The molecule has 2 aromatic rings. The molecule has 0 atom stereocenters. The molecule has 23 heavy (non-hydrogen) atoms. The first kappa shape index (κ1) is 17.0. The summed E-state index contributed by atoms with van der Waals surface area (Å²) in [5.41, 5.74) is 8.89.